The van der Waals surface area contributed by atoms with E-state index in [1.165, 1.54) is 19.2 Å². The molecule has 6 nitrogen and oxygen atoms in total. The van der Waals surface area contributed by atoms with Gasteiger partial charge in [0, 0.05) is 17.9 Å². The first-order chi connectivity index (χ1) is 11.8. The van der Waals surface area contributed by atoms with Crippen LogP contribution < -0.4 is 10.1 Å². The molecule has 1 heterocycles. The van der Waals surface area contributed by atoms with Crippen LogP contribution in [0.15, 0.2) is 24.3 Å². The Morgan fingerprint density at radius 3 is 2.48 bits per heavy atom. The zero-order chi connectivity index (χ0) is 18.7. The largest absolute Gasteiger partial charge is 0.494 e. The summed E-state index contributed by atoms with van der Waals surface area (Å²) < 4.78 is 20.6. The number of ether oxygens (including phenoxy) is 1. The van der Waals surface area contributed by atoms with E-state index in [-0.39, 0.29) is 11.3 Å². The molecule has 7 heteroatoms. The third-order valence-electron chi connectivity index (χ3n) is 4.17. The number of carboxylic acids is 1. The lowest BCUT2D eigenvalue weighted by molar-refractivity contribution is -0.139. The number of benzene rings is 1. The van der Waals surface area contributed by atoms with Crippen molar-refractivity contribution in [1.82, 2.24) is 9.88 Å². The van der Waals surface area contributed by atoms with Gasteiger partial charge in [0.2, 0.25) is 0 Å². The first-order valence-electron chi connectivity index (χ1n) is 7.84. The SMILES string of the molecule is CCn1c(C)cc(C(=O)NC(C(=O)O)c2ccc(OC)c(F)c2)c1C. The molecule has 2 rings (SSSR count). The summed E-state index contributed by atoms with van der Waals surface area (Å²) in [5.74, 6) is -2.48. The van der Waals surface area contributed by atoms with Crippen molar-refractivity contribution in [1.29, 1.82) is 0 Å². The fraction of sp³-hybridized carbons (Fsp3) is 0.333. The number of aliphatic carboxylic acids is 1. The second kappa shape index (κ2) is 7.38. The quantitative estimate of drug-likeness (QED) is 0.841. The van der Waals surface area contributed by atoms with Crippen LogP contribution in [0.1, 0.15) is 40.3 Å². The molecule has 2 N–H and O–H groups in total. The summed E-state index contributed by atoms with van der Waals surface area (Å²) in [5, 5.41) is 11.9. The molecule has 1 aromatic carbocycles. The normalized spacial score (nSPS) is 11.9. The predicted octanol–water partition coefficient (Wildman–Crippen LogP) is 2.83. The van der Waals surface area contributed by atoms with E-state index in [9.17, 15) is 19.1 Å². The van der Waals surface area contributed by atoms with Crippen molar-refractivity contribution in [3.63, 3.8) is 0 Å². The highest BCUT2D eigenvalue weighted by Crippen LogP contribution is 2.23. The Hall–Kier alpha value is -2.83. The number of aryl methyl sites for hydroxylation is 1. The summed E-state index contributed by atoms with van der Waals surface area (Å²) in [5.41, 5.74) is 2.19. The van der Waals surface area contributed by atoms with Gasteiger partial charge in [0.25, 0.3) is 5.91 Å². The number of aromatic nitrogens is 1. The van der Waals surface area contributed by atoms with Crippen LogP contribution in [0.4, 0.5) is 4.39 Å². The molecule has 0 bridgehead atoms. The number of amides is 1. The Kier molecular flexibility index (Phi) is 5.46. The van der Waals surface area contributed by atoms with E-state index >= 15 is 0 Å². The molecule has 1 unspecified atom stereocenters. The zero-order valence-electron chi connectivity index (χ0n) is 14.6. The minimum Gasteiger partial charge on any atom is -0.494 e. The van der Waals surface area contributed by atoms with Crippen LogP contribution in [0.5, 0.6) is 5.75 Å². The lowest BCUT2D eigenvalue weighted by atomic mass is 10.1. The lowest BCUT2D eigenvalue weighted by Crippen LogP contribution is -2.34. The first-order valence-corrected chi connectivity index (χ1v) is 7.84. The highest BCUT2D eigenvalue weighted by molar-refractivity contribution is 5.98. The van der Waals surface area contributed by atoms with E-state index in [1.807, 2.05) is 18.4 Å². The molecular weight excluding hydrogens is 327 g/mol. The Morgan fingerprint density at radius 2 is 2.00 bits per heavy atom. The second-order valence-electron chi connectivity index (χ2n) is 5.67. The fourth-order valence-electron chi connectivity index (χ4n) is 2.88. The number of carbonyl (C=O) groups excluding carboxylic acids is 1. The third-order valence-corrected chi connectivity index (χ3v) is 4.17. The molecule has 0 radical (unpaired) electrons. The van der Waals surface area contributed by atoms with Gasteiger partial charge in [0.1, 0.15) is 0 Å². The predicted molar refractivity (Wildman–Crippen MR) is 90.4 cm³/mol. The monoisotopic (exact) mass is 348 g/mol. The van der Waals surface area contributed by atoms with Gasteiger partial charge in [-0.2, -0.15) is 0 Å². The minimum atomic E-state index is -1.36. The van der Waals surface area contributed by atoms with Crippen LogP contribution in [-0.2, 0) is 11.3 Å². The summed E-state index contributed by atoms with van der Waals surface area (Å²) in [4.78, 5) is 24.1. The maximum atomic E-state index is 13.9. The average Bonchev–Trinajstić information content (AvgIpc) is 2.86. The molecule has 1 amide bonds. The van der Waals surface area contributed by atoms with Crippen LogP contribution in [0.2, 0.25) is 0 Å². The smallest absolute Gasteiger partial charge is 0.330 e. The zero-order valence-corrected chi connectivity index (χ0v) is 14.6. The van der Waals surface area contributed by atoms with Gasteiger partial charge in [-0.05, 0) is 44.5 Å². The van der Waals surface area contributed by atoms with E-state index in [4.69, 9.17) is 4.74 Å². The summed E-state index contributed by atoms with van der Waals surface area (Å²) in [6, 6.07) is 4.14. The van der Waals surface area contributed by atoms with Crippen molar-refractivity contribution in [2.75, 3.05) is 7.11 Å². The molecule has 1 atom stereocenters. The van der Waals surface area contributed by atoms with Crippen molar-refractivity contribution < 1.29 is 23.8 Å². The van der Waals surface area contributed by atoms with Gasteiger partial charge in [0.15, 0.2) is 17.6 Å². The van der Waals surface area contributed by atoms with E-state index in [0.29, 0.717) is 12.1 Å². The van der Waals surface area contributed by atoms with Gasteiger partial charge in [-0.25, -0.2) is 9.18 Å². The maximum Gasteiger partial charge on any atom is 0.330 e. The van der Waals surface area contributed by atoms with Crippen molar-refractivity contribution in [2.45, 2.75) is 33.4 Å². The maximum absolute atomic E-state index is 13.9. The lowest BCUT2D eigenvalue weighted by Gasteiger charge is -2.16. The van der Waals surface area contributed by atoms with E-state index in [2.05, 4.69) is 5.32 Å². The molecule has 0 aliphatic rings. The van der Waals surface area contributed by atoms with Crippen molar-refractivity contribution in [3.05, 3.63) is 52.6 Å². The average molecular weight is 348 g/mol. The molecule has 134 valence electrons. The third kappa shape index (κ3) is 3.65. The number of hydrogen-bond donors (Lipinski definition) is 2. The van der Waals surface area contributed by atoms with E-state index in [1.54, 1.807) is 13.0 Å². The Labute approximate surface area is 145 Å². The molecule has 0 saturated heterocycles. The van der Waals surface area contributed by atoms with Crippen molar-refractivity contribution in [2.24, 2.45) is 0 Å². The fourth-order valence-corrected chi connectivity index (χ4v) is 2.88. The van der Waals surface area contributed by atoms with Gasteiger partial charge in [-0.3, -0.25) is 4.79 Å². The van der Waals surface area contributed by atoms with Gasteiger partial charge < -0.3 is 19.7 Å². The molecule has 25 heavy (non-hydrogen) atoms. The summed E-state index contributed by atoms with van der Waals surface area (Å²) in [6.45, 7) is 6.34. The van der Waals surface area contributed by atoms with Crippen LogP contribution in [0.25, 0.3) is 0 Å². The molecule has 0 aliphatic heterocycles. The van der Waals surface area contributed by atoms with Gasteiger partial charge in [0.05, 0.1) is 12.7 Å². The second-order valence-corrected chi connectivity index (χ2v) is 5.67. The highest BCUT2D eigenvalue weighted by Gasteiger charge is 2.25. The number of nitrogens with one attached hydrogen (secondary N) is 1. The standard InChI is InChI=1S/C18H21FN2O4/c1-5-21-10(2)8-13(11(21)3)17(22)20-16(18(23)24)12-6-7-15(25-4)14(19)9-12/h6-9,16H,5H2,1-4H3,(H,20,22)(H,23,24). The molecule has 0 aliphatic carbocycles. The Morgan fingerprint density at radius 1 is 1.32 bits per heavy atom. The Balaban J connectivity index is 2.32. The molecule has 2 aromatic rings. The summed E-state index contributed by atoms with van der Waals surface area (Å²) in [6.07, 6.45) is 0. The van der Waals surface area contributed by atoms with Crippen LogP contribution >= 0.6 is 0 Å². The topological polar surface area (TPSA) is 80.6 Å². The van der Waals surface area contributed by atoms with Gasteiger partial charge in [-0.15, -0.1) is 0 Å². The molecular formula is C18H21FN2O4. The van der Waals surface area contributed by atoms with E-state index < -0.39 is 23.7 Å². The Bertz CT molecular complexity index is 814. The summed E-state index contributed by atoms with van der Waals surface area (Å²) >= 11 is 0. The number of carbonyl (C=O) groups is 2. The molecule has 1 aromatic heterocycles. The molecule has 0 fully saturated rings. The van der Waals surface area contributed by atoms with Gasteiger partial charge in [-0.1, -0.05) is 6.07 Å². The van der Waals surface area contributed by atoms with Crippen LogP contribution in [0, 0.1) is 19.7 Å². The van der Waals surface area contributed by atoms with Crippen molar-refractivity contribution in [3.8, 4) is 5.75 Å². The number of methoxy groups -OCH3 is 1. The summed E-state index contributed by atoms with van der Waals surface area (Å²) in [7, 11) is 1.32. The number of carboxylic acid groups (broad SMARTS) is 1. The number of nitrogens with zero attached hydrogens (tertiary/aromatic N) is 1. The molecule has 0 saturated carbocycles. The number of hydrogen-bond acceptors (Lipinski definition) is 3. The van der Waals surface area contributed by atoms with Crippen molar-refractivity contribution >= 4 is 11.9 Å². The highest BCUT2D eigenvalue weighted by atomic mass is 19.1. The molecule has 0 spiro atoms. The van der Waals surface area contributed by atoms with E-state index in [0.717, 1.165) is 17.5 Å². The first kappa shape index (κ1) is 18.5. The van der Waals surface area contributed by atoms with Gasteiger partial charge >= 0.3 is 5.97 Å². The van der Waals surface area contributed by atoms with Crippen LogP contribution in [-0.4, -0.2) is 28.7 Å². The minimum absolute atomic E-state index is 0.00528. The number of halogens is 1. The number of rotatable bonds is 6. The van der Waals surface area contributed by atoms with Crippen LogP contribution in [0.3, 0.4) is 0 Å².